The lowest BCUT2D eigenvalue weighted by atomic mass is 10.9. The molecule has 0 heterocycles. The van der Waals surface area contributed by atoms with Gasteiger partial charge in [-0.3, -0.25) is 9.69 Å². The second kappa shape index (κ2) is 4.45. The molecule has 0 aliphatic carbocycles. The minimum Gasteiger partial charge on any atom is -0.286 e. The molecule has 0 aliphatic heterocycles. The Bertz CT molecular complexity index is 106. The number of hydrogen-bond acceptors (Lipinski definition) is 1. The first kappa shape index (κ1) is 9.63. The van der Waals surface area contributed by atoms with Gasteiger partial charge in [-0.15, -0.1) is 11.6 Å². The maximum Gasteiger partial charge on any atom is 0.319 e. The van der Waals surface area contributed by atoms with Crippen molar-refractivity contribution in [1.29, 1.82) is 0 Å². The molecule has 0 radical (unpaired) electrons. The quantitative estimate of drug-likeness (QED) is 0.390. The van der Waals surface area contributed by atoms with Gasteiger partial charge in [-0.2, -0.15) is 0 Å². The average molecular weight is 211 g/mol. The molecule has 0 N–H and O–H groups in total. The first-order valence-corrected chi connectivity index (χ1v) is 3.68. The fraction of sp³-hybridized carbons (Fsp3) is 0.667. The van der Waals surface area contributed by atoms with Gasteiger partial charge < -0.3 is 0 Å². The summed E-state index contributed by atoms with van der Waals surface area (Å²) in [7, 11) is 0. The van der Waals surface area contributed by atoms with E-state index >= 15 is 0 Å². The average Bonchev–Trinajstić information content (AvgIpc) is 1.64. The Morgan fingerprint density at radius 2 is 2.00 bits per heavy atom. The number of carbonyl (C=O) groups excluding carboxylic acids is 1. The normalized spacial score (nSPS) is 9.89. The molecule has 0 bridgehead atoms. The minimum atomic E-state index is -0.979. The first-order valence-electron chi connectivity index (χ1n) is 1.89. The van der Waals surface area contributed by atoms with Crippen LogP contribution in [0.25, 0.3) is 0 Å². The van der Waals surface area contributed by atoms with Crippen LogP contribution in [-0.2, 0) is 0 Å². The largest absolute Gasteiger partial charge is 0.319 e. The Morgan fingerprint density at radius 3 is 2.00 bits per heavy atom. The van der Waals surface area contributed by atoms with Gasteiger partial charge >= 0.3 is 5.37 Å². The molecule has 0 spiro atoms. The molecule has 0 rings (SSSR count). The Hall–Kier alpha value is 0.630. The maximum absolute atomic E-state index is 10.3. The van der Waals surface area contributed by atoms with E-state index in [-0.39, 0.29) is 6.00 Å². The zero-order valence-corrected chi connectivity index (χ0v) is 7.18. The molecular weight excluding hydrogens is 208 g/mol. The lowest BCUT2D eigenvalue weighted by Gasteiger charge is -2.15. The van der Waals surface area contributed by atoms with E-state index in [2.05, 4.69) is 0 Å². The van der Waals surface area contributed by atoms with Crippen molar-refractivity contribution < 1.29 is 4.79 Å². The molecule has 0 aromatic carbocycles. The summed E-state index contributed by atoms with van der Waals surface area (Å²) in [5.74, 6) is 0. The van der Waals surface area contributed by atoms with E-state index in [1.165, 1.54) is 0 Å². The van der Waals surface area contributed by atoms with Crippen LogP contribution in [0, 0.1) is 0 Å². The fourth-order valence-corrected chi connectivity index (χ4v) is 1.20. The number of hydrogen-bond donors (Lipinski definition) is 0. The summed E-state index contributed by atoms with van der Waals surface area (Å²) in [6.07, 6.45) is 0. The SMILES string of the molecule is O=C(Cl)N(CCl)C(Cl)Cl. The van der Waals surface area contributed by atoms with E-state index in [0.29, 0.717) is 0 Å². The molecule has 6 heteroatoms. The van der Waals surface area contributed by atoms with Crippen molar-refractivity contribution in [3.8, 4) is 0 Å². The molecule has 0 unspecified atom stereocenters. The fourth-order valence-electron chi connectivity index (χ4n) is 0.176. The van der Waals surface area contributed by atoms with E-state index in [1.807, 2.05) is 0 Å². The predicted octanol–water partition coefficient (Wildman–Crippen LogP) is 2.60. The molecule has 9 heavy (non-hydrogen) atoms. The van der Waals surface area contributed by atoms with Gasteiger partial charge in [0.2, 0.25) is 0 Å². The van der Waals surface area contributed by atoms with Gasteiger partial charge in [-0.25, -0.2) is 0 Å². The van der Waals surface area contributed by atoms with Crippen LogP contribution < -0.4 is 0 Å². The van der Waals surface area contributed by atoms with Crippen molar-refractivity contribution in [2.75, 3.05) is 6.00 Å². The molecule has 54 valence electrons. The number of rotatable bonds is 2. The predicted molar refractivity (Wildman–Crippen MR) is 39.3 cm³/mol. The highest BCUT2D eigenvalue weighted by atomic mass is 35.5. The van der Waals surface area contributed by atoms with Gasteiger partial charge in [0.25, 0.3) is 0 Å². The third kappa shape index (κ3) is 3.36. The van der Waals surface area contributed by atoms with Crippen LogP contribution in [0.1, 0.15) is 0 Å². The van der Waals surface area contributed by atoms with Crippen LogP contribution in [0.2, 0.25) is 0 Å². The topological polar surface area (TPSA) is 20.3 Å². The Balaban J connectivity index is 3.83. The Morgan fingerprint density at radius 1 is 1.56 bits per heavy atom. The smallest absolute Gasteiger partial charge is 0.286 e. The van der Waals surface area contributed by atoms with Crippen LogP contribution in [0.15, 0.2) is 0 Å². The summed E-state index contributed by atoms with van der Waals surface area (Å²) in [5, 5.41) is -0.764. The highest BCUT2D eigenvalue weighted by Crippen LogP contribution is 2.12. The number of alkyl halides is 3. The molecule has 0 saturated heterocycles. The number of nitrogens with zero attached hydrogens (tertiary/aromatic N) is 1. The summed E-state index contributed by atoms with van der Waals surface area (Å²) in [4.78, 5) is 10.2. The van der Waals surface area contributed by atoms with Crippen molar-refractivity contribution in [2.24, 2.45) is 0 Å². The van der Waals surface area contributed by atoms with Gasteiger partial charge in [-0.05, 0) is 11.6 Å². The molecular formula is C3H3Cl4NO. The summed E-state index contributed by atoms with van der Waals surface area (Å²) < 4.78 is 0. The van der Waals surface area contributed by atoms with Crippen LogP contribution in [-0.4, -0.2) is 21.2 Å². The summed E-state index contributed by atoms with van der Waals surface area (Å²) in [5.41, 5.74) is 0. The minimum absolute atomic E-state index is 0.111. The highest BCUT2D eigenvalue weighted by molar-refractivity contribution is 6.64. The van der Waals surface area contributed by atoms with Crippen molar-refractivity contribution in [3.05, 3.63) is 0 Å². The number of halogens is 4. The molecule has 0 atom stereocenters. The lowest BCUT2D eigenvalue weighted by Crippen LogP contribution is -2.28. The van der Waals surface area contributed by atoms with Crippen molar-refractivity contribution in [2.45, 2.75) is 4.96 Å². The van der Waals surface area contributed by atoms with Crippen molar-refractivity contribution in [3.63, 3.8) is 0 Å². The maximum atomic E-state index is 10.3. The van der Waals surface area contributed by atoms with Crippen LogP contribution in [0.4, 0.5) is 4.79 Å². The molecule has 0 saturated carbocycles. The van der Waals surface area contributed by atoms with Crippen LogP contribution >= 0.6 is 46.4 Å². The summed E-state index contributed by atoms with van der Waals surface area (Å²) in [6.45, 7) is 0. The Kier molecular flexibility index (Phi) is 4.76. The third-order valence-electron chi connectivity index (χ3n) is 0.590. The summed E-state index contributed by atoms with van der Waals surface area (Å²) >= 11 is 20.7. The van der Waals surface area contributed by atoms with Crippen LogP contribution in [0.3, 0.4) is 0 Å². The standard InChI is InChI=1S/C3H3Cl4NO/c4-1-8(2(5)6)3(7)9/h2H,1H2. The monoisotopic (exact) mass is 209 g/mol. The van der Waals surface area contributed by atoms with E-state index in [1.54, 1.807) is 0 Å². The van der Waals surface area contributed by atoms with Gasteiger partial charge in [0, 0.05) is 0 Å². The van der Waals surface area contributed by atoms with Crippen LogP contribution in [0.5, 0.6) is 0 Å². The van der Waals surface area contributed by atoms with Gasteiger partial charge in [0.05, 0.1) is 6.00 Å². The van der Waals surface area contributed by atoms with E-state index in [4.69, 9.17) is 46.4 Å². The molecule has 0 aliphatic rings. The highest BCUT2D eigenvalue weighted by Gasteiger charge is 2.15. The molecule has 0 aromatic rings. The third-order valence-corrected chi connectivity index (χ3v) is 1.54. The molecule has 2 nitrogen and oxygen atoms in total. The number of carbonyl (C=O) groups is 1. The zero-order valence-electron chi connectivity index (χ0n) is 4.15. The molecule has 1 amide bonds. The van der Waals surface area contributed by atoms with Gasteiger partial charge in [0.1, 0.15) is 0 Å². The van der Waals surface area contributed by atoms with E-state index in [0.717, 1.165) is 4.90 Å². The second-order valence-electron chi connectivity index (χ2n) is 1.12. The number of amides is 1. The molecule has 0 fully saturated rings. The molecule has 0 aromatic heterocycles. The van der Waals surface area contributed by atoms with E-state index < -0.39 is 10.3 Å². The zero-order chi connectivity index (χ0) is 7.44. The van der Waals surface area contributed by atoms with Crippen molar-refractivity contribution >= 4 is 51.8 Å². The first-order chi connectivity index (χ1) is 4.09. The van der Waals surface area contributed by atoms with Gasteiger partial charge in [0.15, 0.2) is 4.96 Å². The lowest BCUT2D eigenvalue weighted by molar-refractivity contribution is 0.233. The summed E-state index contributed by atoms with van der Waals surface area (Å²) in [6, 6.07) is -0.111. The second-order valence-corrected chi connectivity index (χ2v) is 2.73. The van der Waals surface area contributed by atoms with Gasteiger partial charge in [-0.1, -0.05) is 23.2 Å². The van der Waals surface area contributed by atoms with Crippen molar-refractivity contribution in [1.82, 2.24) is 4.90 Å². The Labute approximate surface area is 72.6 Å². The van der Waals surface area contributed by atoms with E-state index in [9.17, 15) is 4.79 Å².